The van der Waals surface area contributed by atoms with Gasteiger partial charge in [0, 0.05) is 43.5 Å². The Morgan fingerprint density at radius 1 is 1.36 bits per heavy atom. The number of hydrogen-bond acceptors (Lipinski definition) is 4. The zero-order chi connectivity index (χ0) is 19.4. The second-order valence-electron chi connectivity index (χ2n) is 6.68. The topological polar surface area (TPSA) is 71.8 Å². The van der Waals surface area contributed by atoms with Crippen LogP contribution in [0.15, 0.2) is 41.7 Å². The Morgan fingerprint density at radius 2 is 2.07 bits per heavy atom. The van der Waals surface area contributed by atoms with Gasteiger partial charge < -0.3 is 15.0 Å². The molecule has 0 spiro atoms. The van der Waals surface area contributed by atoms with Gasteiger partial charge in [-0.3, -0.25) is 9.79 Å². The fourth-order valence-electron chi connectivity index (χ4n) is 3.30. The fraction of sp³-hybridized carbons (Fsp3) is 0.421. The molecule has 2 aromatic rings. The average Bonchev–Trinajstić information content (AvgIpc) is 3.29. The molecule has 28 heavy (non-hydrogen) atoms. The maximum Gasteiger partial charge on any atom is 0.310 e. The number of aromatic nitrogens is 2. The van der Waals surface area contributed by atoms with E-state index in [1.54, 1.807) is 11.7 Å². The maximum atomic E-state index is 11.9. The summed E-state index contributed by atoms with van der Waals surface area (Å²) < 4.78 is 6.71. The first-order valence-corrected chi connectivity index (χ1v) is 9.22. The summed E-state index contributed by atoms with van der Waals surface area (Å²) in [5, 5.41) is 8.44. The highest BCUT2D eigenvalue weighted by Gasteiger charge is 2.36. The van der Waals surface area contributed by atoms with E-state index in [0.717, 1.165) is 23.8 Å². The second kappa shape index (κ2) is 10.1. The number of likely N-dealkylation sites (tertiary alicyclic amines) is 1. The number of carbonyl (C=O) groups excluding carboxylic acids is 1. The van der Waals surface area contributed by atoms with Crippen LogP contribution in [-0.2, 0) is 16.1 Å². The molecule has 1 fully saturated rings. The summed E-state index contributed by atoms with van der Waals surface area (Å²) >= 11 is 5.93. The quantitative estimate of drug-likeness (QED) is 0.292. The van der Waals surface area contributed by atoms with Crippen molar-refractivity contribution in [2.45, 2.75) is 13.5 Å². The lowest BCUT2D eigenvalue weighted by Gasteiger charge is -2.21. The molecule has 0 saturated carbocycles. The van der Waals surface area contributed by atoms with E-state index in [4.69, 9.17) is 16.3 Å². The second-order valence-corrected chi connectivity index (χ2v) is 7.12. The predicted molar refractivity (Wildman–Crippen MR) is 120 cm³/mol. The molecule has 3 rings (SSSR count). The van der Waals surface area contributed by atoms with Crippen LogP contribution in [0.25, 0.3) is 5.69 Å². The van der Waals surface area contributed by atoms with Gasteiger partial charge in [-0.2, -0.15) is 5.10 Å². The Bertz CT molecular complexity index is 824. The molecule has 152 valence electrons. The van der Waals surface area contributed by atoms with Gasteiger partial charge in [-0.15, -0.1) is 24.0 Å². The van der Waals surface area contributed by atoms with Crippen LogP contribution in [0.1, 0.15) is 12.5 Å². The molecular weight excluding hydrogens is 493 g/mol. The summed E-state index contributed by atoms with van der Waals surface area (Å²) in [5.74, 6) is 0.710. The third-order valence-electron chi connectivity index (χ3n) is 4.81. The highest BCUT2D eigenvalue weighted by Crippen LogP contribution is 2.24. The van der Waals surface area contributed by atoms with E-state index in [2.05, 4.69) is 27.2 Å². The van der Waals surface area contributed by atoms with Crippen LogP contribution in [0.3, 0.4) is 0 Å². The Balaban J connectivity index is 0.00000280. The van der Waals surface area contributed by atoms with Crippen LogP contribution in [0.5, 0.6) is 0 Å². The number of benzene rings is 1. The number of guanidine groups is 1. The minimum atomic E-state index is -0.162. The van der Waals surface area contributed by atoms with Gasteiger partial charge in [0.2, 0.25) is 0 Å². The van der Waals surface area contributed by atoms with Gasteiger partial charge in [-0.25, -0.2) is 4.68 Å². The van der Waals surface area contributed by atoms with Crippen molar-refractivity contribution >= 4 is 47.5 Å². The molecular formula is C19H25ClIN5O2. The Morgan fingerprint density at radius 3 is 2.71 bits per heavy atom. The first-order valence-electron chi connectivity index (χ1n) is 8.84. The molecule has 1 saturated heterocycles. The van der Waals surface area contributed by atoms with Crippen molar-refractivity contribution in [1.82, 2.24) is 20.0 Å². The number of aliphatic imine (C=N–C) groups is 1. The van der Waals surface area contributed by atoms with Crippen molar-refractivity contribution in [2.75, 3.05) is 27.2 Å². The van der Waals surface area contributed by atoms with E-state index in [0.29, 0.717) is 18.1 Å². The molecule has 2 unspecified atom stereocenters. The maximum absolute atomic E-state index is 11.9. The van der Waals surface area contributed by atoms with Gasteiger partial charge in [0.15, 0.2) is 5.96 Å². The normalized spacial score (nSPS) is 19.3. The van der Waals surface area contributed by atoms with Crippen LogP contribution < -0.4 is 5.32 Å². The number of hydrogen-bond donors (Lipinski definition) is 1. The lowest BCUT2D eigenvalue weighted by molar-refractivity contribution is -0.145. The number of methoxy groups -OCH3 is 1. The summed E-state index contributed by atoms with van der Waals surface area (Å²) in [7, 11) is 3.18. The van der Waals surface area contributed by atoms with Gasteiger partial charge >= 0.3 is 5.97 Å². The smallest absolute Gasteiger partial charge is 0.310 e. The number of esters is 1. The van der Waals surface area contributed by atoms with Crippen molar-refractivity contribution in [3.05, 3.63) is 47.2 Å². The molecule has 1 aromatic heterocycles. The largest absolute Gasteiger partial charge is 0.469 e. The third kappa shape index (κ3) is 5.16. The highest BCUT2D eigenvalue weighted by atomic mass is 127. The Kier molecular flexibility index (Phi) is 8.11. The molecule has 2 heterocycles. The summed E-state index contributed by atoms with van der Waals surface area (Å²) in [6.07, 6.45) is 3.78. The Labute approximate surface area is 187 Å². The zero-order valence-electron chi connectivity index (χ0n) is 16.1. The summed E-state index contributed by atoms with van der Waals surface area (Å²) in [5.41, 5.74) is 1.98. The molecule has 2 atom stereocenters. The van der Waals surface area contributed by atoms with E-state index >= 15 is 0 Å². The highest BCUT2D eigenvalue weighted by molar-refractivity contribution is 14.0. The van der Waals surface area contributed by atoms with Crippen LogP contribution in [-0.4, -0.2) is 53.9 Å². The molecule has 0 radical (unpaired) electrons. The molecule has 9 heteroatoms. The summed E-state index contributed by atoms with van der Waals surface area (Å²) in [4.78, 5) is 18.3. The van der Waals surface area contributed by atoms with Gasteiger partial charge in [-0.1, -0.05) is 18.5 Å². The minimum Gasteiger partial charge on any atom is -0.469 e. The van der Waals surface area contributed by atoms with Crippen molar-refractivity contribution < 1.29 is 9.53 Å². The molecule has 1 aliphatic rings. The third-order valence-corrected chi connectivity index (χ3v) is 5.06. The number of rotatable bonds is 4. The van der Waals surface area contributed by atoms with Gasteiger partial charge in [0.05, 0.1) is 24.9 Å². The lowest BCUT2D eigenvalue weighted by atomic mass is 9.99. The van der Waals surface area contributed by atoms with Crippen molar-refractivity contribution in [3.63, 3.8) is 0 Å². The van der Waals surface area contributed by atoms with Crippen LogP contribution in [0, 0.1) is 11.8 Å². The fourth-order valence-corrected chi connectivity index (χ4v) is 3.42. The van der Waals surface area contributed by atoms with Gasteiger partial charge in [0.1, 0.15) is 0 Å². The molecule has 1 aromatic carbocycles. The number of carbonyl (C=O) groups is 1. The monoisotopic (exact) mass is 517 g/mol. The van der Waals surface area contributed by atoms with Crippen LogP contribution in [0.4, 0.5) is 0 Å². The van der Waals surface area contributed by atoms with E-state index in [-0.39, 0.29) is 41.8 Å². The van der Waals surface area contributed by atoms with Crippen LogP contribution >= 0.6 is 35.6 Å². The average molecular weight is 518 g/mol. The SMILES string of the molecule is CN=C(NCc1cnn(-c2ccc(Cl)cc2)c1)N1CC(C)C(C(=O)OC)C1.I. The zero-order valence-corrected chi connectivity index (χ0v) is 19.2. The minimum absolute atomic E-state index is 0. The molecule has 7 nitrogen and oxygen atoms in total. The van der Waals surface area contributed by atoms with E-state index in [1.165, 1.54) is 7.11 Å². The van der Waals surface area contributed by atoms with Crippen molar-refractivity contribution in [1.29, 1.82) is 0 Å². The Hall–Kier alpha value is -1.81. The molecule has 0 aliphatic carbocycles. The van der Waals surface area contributed by atoms with E-state index in [9.17, 15) is 4.79 Å². The molecule has 1 aliphatic heterocycles. The first-order chi connectivity index (χ1) is 13.0. The van der Waals surface area contributed by atoms with E-state index in [1.807, 2.05) is 36.7 Å². The number of nitrogens with zero attached hydrogens (tertiary/aromatic N) is 4. The molecule has 0 amide bonds. The summed E-state index contributed by atoms with van der Waals surface area (Å²) in [6.45, 7) is 4.03. The standard InChI is InChI=1S/C19H24ClN5O2.HI/c1-13-10-24(12-17(13)18(26)27-3)19(21-2)22-8-14-9-23-25(11-14)16-6-4-15(20)5-7-16;/h4-7,9,11,13,17H,8,10,12H2,1-3H3,(H,21,22);1H. The predicted octanol–water partition coefficient (Wildman–Crippen LogP) is 2.96. The lowest BCUT2D eigenvalue weighted by Crippen LogP contribution is -2.40. The number of nitrogens with one attached hydrogen (secondary N) is 1. The van der Waals surface area contributed by atoms with Gasteiger partial charge in [0.25, 0.3) is 0 Å². The van der Waals surface area contributed by atoms with Crippen molar-refractivity contribution in [3.8, 4) is 5.69 Å². The van der Waals surface area contributed by atoms with Crippen LogP contribution in [0.2, 0.25) is 5.02 Å². The molecule has 1 N–H and O–H groups in total. The van der Waals surface area contributed by atoms with Gasteiger partial charge in [-0.05, 0) is 30.2 Å². The molecule has 0 bridgehead atoms. The number of halogens is 2. The number of ether oxygens (including phenoxy) is 1. The van der Waals surface area contributed by atoms with E-state index < -0.39 is 0 Å². The summed E-state index contributed by atoms with van der Waals surface area (Å²) in [6, 6.07) is 7.52. The van der Waals surface area contributed by atoms with Crippen molar-refractivity contribution in [2.24, 2.45) is 16.8 Å². The first kappa shape index (κ1) is 22.5.